The number of halogens is 1. The number of rotatable bonds is 7. The second-order valence-electron chi connectivity index (χ2n) is 10.3. The lowest BCUT2D eigenvalue weighted by atomic mass is 9.76. The molecule has 0 radical (unpaired) electrons. The molecular formula is C32H30FN3O7. The van der Waals surface area contributed by atoms with Gasteiger partial charge in [0.1, 0.15) is 11.9 Å². The molecule has 43 heavy (non-hydrogen) atoms. The van der Waals surface area contributed by atoms with E-state index in [9.17, 15) is 29.1 Å². The van der Waals surface area contributed by atoms with Gasteiger partial charge in [0.15, 0.2) is 17.3 Å². The molecule has 2 amide bonds. The third-order valence-electron chi connectivity index (χ3n) is 8.03. The van der Waals surface area contributed by atoms with Gasteiger partial charge in [0, 0.05) is 24.6 Å². The largest absolute Gasteiger partial charge is 0.493 e. The van der Waals surface area contributed by atoms with Gasteiger partial charge in [0.05, 0.1) is 51.0 Å². The number of methoxy groups -OCH3 is 2. The summed E-state index contributed by atoms with van der Waals surface area (Å²) in [6, 6.07) is 15.2. The van der Waals surface area contributed by atoms with E-state index in [0.717, 1.165) is 0 Å². The molecule has 11 heteroatoms. The predicted molar refractivity (Wildman–Crippen MR) is 151 cm³/mol. The van der Waals surface area contributed by atoms with Crippen LogP contribution in [0.3, 0.4) is 0 Å². The van der Waals surface area contributed by atoms with E-state index in [0.29, 0.717) is 28.2 Å². The molecule has 2 aliphatic rings. The van der Waals surface area contributed by atoms with Crippen molar-refractivity contribution in [3.8, 4) is 17.6 Å². The Morgan fingerprint density at radius 1 is 0.930 bits per heavy atom. The number of carboxylic acid groups (broad SMARTS) is 1. The number of hydrogen-bond donors (Lipinski definition) is 1. The second-order valence-corrected chi connectivity index (χ2v) is 10.3. The zero-order valence-corrected chi connectivity index (χ0v) is 23.6. The number of carbonyl (C=O) groups excluding carboxylic acids is 2. The van der Waals surface area contributed by atoms with Crippen molar-refractivity contribution in [2.45, 2.75) is 18.0 Å². The highest BCUT2D eigenvalue weighted by Gasteiger charge is 2.58. The zero-order valence-electron chi connectivity index (χ0n) is 23.6. The van der Waals surface area contributed by atoms with Crippen molar-refractivity contribution in [1.82, 2.24) is 9.80 Å². The van der Waals surface area contributed by atoms with Crippen LogP contribution in [0.5, 0.6) is 11.5 Å². The highest BCUT2D eigenvalue weighted by Crippen LogP contribution is 2.52. The summed E-state index contributed by atoms with van der Waals surface area (Å²) in [4.78, 5) is 44.6. The summed E-state index contributed by atoms with van der Waals surface area (Å²) in [5.74, 6) is -3.67. The number of carboxylic acids is 1. The van der Waals surface area contributed by atoms with Crippen LogP contribution in [0, 0.1) is 23.1 Å². The van der Waals surface area contributed by atoms with E-state index in [1.54, 1.807) is 18.2 Å². The molecule has 222 valence electrons. The molecule has 4 atom stereocenters. The SMILES string of the molecule is COc1ccc(C2C(C(=O)c3ccc(C#N)cc3)C(c3ccc(F)cc3)N(C(=O)N3CCOCC3)C2C(=O)O)cc1OC. The molecule has 0 aliphatic carbocycles. The summed E-state index contributed by atoms with van der Waals surface area (Å²) in [5, 5.41) is 20.0. The van der Waals surface area contributed by atoms with E-state index in [2.05, 4.69) is 0 Å². The Balaban J connectivity index is 1.75. The number of amides is 2. The number of ketones is 1. The van der Waals surface area contributed by atoms with Gasteiger partial charge in [-0.25, -0.2) is 14.0 Å². The van der Waals surface area contributed by atoms with Crippen LogP contribution in [0.15, 0.2) is 66.7 Å². The van der Waals surface area contributed by atoms with Gasteiger partial charge in [0.2, 0.25) is 0 Å². The molecule has 3 aromatic carbocycles. The van der Waals surface area contributed by atoms with Gasteiger partial charge in [-0.3, -0.25) is 4.79 Å². The number of likely N-dealkylation sites (tertiary alicyclic amines) is 1. The van der Waals surface area contributed by atoms with Gasteiger partial charge < -0.3 is 29.1 Å². The van der Waals surface area contributed by atoms with Gasteiger partial charge in [-0.1, -0.05) is 30.3 Å². The van der Waals surface area contributed by atoms with Crippen molar-refractivity contribution >= 4 is 17.8 Å². The molecule has 2 saturated heterocycles. The lowest BCUT2D eigenvalue weighted by Gasteiger charge is -2.36. The van der Waals surface area contributed by atoms with Crippen LogP contribution in [0.25, 0.3) is 0 Å². The van der Waals surface area contributed by atoms with Crippen LogP contribution in [0.2, 0.25) is 0 Å². The van der Waals surface area contributed by atoms with Crippen LogP contribution in [0.4, 0.5) is 9.18 Å². The highest BCUT2D eigenvalue weighted by molar-refractivity contribution is 6.01. The maximum absolute atomic E-state index is 14.5. The molecule has 2 aliphatic heterocycles. The summed E-state index contributed by atoms with van der Waals surface area (Å²) >= 11 is 0. The monoisotopic (exact) mass is 587 g/mol. The first-order chi connectivity index (χ1) is 20.8. The summed E-state index contributed by atoms with van der Waals surface area (Å²) in [7, 11) is 2.91. The van der Waals surface area contributed by atoms with Crippen molar-refractivity contribution in [2.24, 2.45) is 5.92 Å². The minimum atomic E-state index is -1.48. The fraction of sp³-hybridized carbons (Fsp3) is 0.312. The normalized spacial score (nSPS) is 21.6. The molecule has 3 aromatic rings. The number of urea groups is 1. The predicted octanol–water partition coefficient (Wildman–Crippen LogP) is 4.26. The Bertz CT molecular complexity index is 1550. The number of ether oxygens (including phenoxy) is 3. The van der Waals surface area contributed by atoms with Crippen LogP contribution in [0.1, 0.15) is 39.0 Å². The van der Waals surface area contributed by atoms with Gasteiger partial charge in [-0.05, 0) is 47.5 Å². The molecule has 0 spiro atoms. The molecule has 2 fully saturated rings. The third-order valence-corrected chi connectivity index (χ3v) is 8.03. The Hall–Kier alpha value is -4.95. The molecule has 5 rings (SSSR count). The highest BCUT2D eigenvalue weighted by atomic mass is 19.1. The van der Waals surface area contributed by atoms with E-state index in [-0.39, 0.29) is 31.9 Å². The van der Waals surface area contributed by atoms with E-state index in [1.807, 2.05) is 6.07 Å². The Morgan fingerprint density at radius 2 is 1.56 bits per heavy atom. The van der Waals surface area contributed by atoms with Crippen LogP contribution < -0.4 is 9.47 Å². The van der Waals surface area contributed by atoms with Gasteiger partial charge in [-0.2, -0.15) is 5.26 Å². The first kappa shape index (κ1) is 29.5. The van der Waals surface area contributed by atoms with Crippen LogP contribution >= 0.6 is 0 Å². The molecule has 1 N–H and O–H groups in total. The number of nitriles is 1. The topological polar surface area (TPSA) is 129 Å². The zero-order chi connectivity index (χ0) is 30.7. The van der Waals surface area contributed by atoms with Crippen molar-refractivity contribution in [3.63, 3.8) is 0 Å². The average Bonchev–Trinajstić information content (AvgIpc) is 3.41. The second kappa shape index (κ2) is 12.5. The van der Waals surface area contributed by atoms with Crippen molar-refractivity contribution < 1.29 is 38.1 Å². The van der Waals surface area contributed by atoms with Crippen LogP contribution in [-0.2, 0) is 9.53 Å². The molecule has 0 aromatic heterocycles. The minimum Gasteiger partial charge on any atom is -0.493 e. The van der Waals surface area contributed by atoms with Crippen molar-refractivity contribution in [3.05, 3.63) is 94.8 Å². The fourth-order valence-electron chi connectivity index (χ4n) is 6.03. The standard InChI is InChI=1S/C32H30FN3O7/c1-41-24-12-9-22(17-25(24)42-2)26-27(30(37)21-5-3-19(18-34)4-6-21)28(20-7-10-23(33)11-8-20)36(29(26)31(38)39)32(40)35-13-15-43-16-14-35/h3-12,17,26-29H,13-16H2,1-2H3,(H,38,39). The van der Waals surface area contributed by atoms with Gasteiger partial charge >= 0.3 is 12.0 Å². The average molecular weight is 588 g/mol. The quantitative estimate of drug-likeness (QED) is 0.406. The van der Waals surface area contributed by atoms with E-state index < -0.39 is 47.5 Å². The number of hydrogen-bond acceptors (Lipinski definition) is 7. The van der Waals surface area contributed by atoms with E-state index in [1.165, 1.54) is 72.6 Å². The Kier molecular flexibility index (Phi) is 8.59. The lowest BCUT2D eigenvalue weighted by Crippen LogP contribution is -2.52. The Labute approximate surface area is 247 Å². The first-order valence-corrected chi connectivity index (χ1v) is 13.7. The van der Waals surface area contributed by atoms with Gasteiger partial charge in [-0.15, -0.1) is 0 Å². The number of nitrogens with zero attached hydrogens (tertiary/aromatic N) is 3. The van der Waals surface area contributed by atoms with Crippen LogP contribution in [-0.4, -0.2) is 79.3 Å². The maximum atomic E-state index is 14.5. The van der Waals surface area contributed by atoms with Gasteiger partial charge in [0.25, 0.3) is 0 Å². The lowest BCUT2D eigenvalue weighted by molar-refractivity contribution is -0.142. The van der Waals surface area contributed by atoms with Crippen molar-refractivity contribution in [2.75, 3.05) is 40.5 Å². The molecule has 0 saturated carbocycles. The fourth-order valence-corrected chi connectivity index (χ4v) is 6.03. The van der Waals surface area contributed by atoms with E-state index >= 15 is 0 Å². The first-order valence-electron chi connectivity index (χ1n) is 13.7. The molecular weight excluding hydrogens is 557 g/mol. The summed E-state index contributed by atoms with van der Waals surface area (Å²) in [6.07, 6.45) is 0. The number of aliphatic carboxylic acids is 1. The number of Topliss-reactive ketones (excluding diaryl/α,β-unsaturated/α-hetero) is 1. The molecule has 0 bridgehead atoms. The Morgan fingerprint density at radius 3 is 2.14 bits per heavy atom. The third kappa shape index (κ3) is 5.61. The summed E-state index contributed by atoms with van der Waals surface area (Å²) in [6.45, 7) is 1.05. The number of morpholine rings is 1. The smallest absolute Gasteiger partial charge is 0.327 e. The minimum absolute atomic E-state index is 0.242. The van der Waals surface area contributed by atoms with E-state index in [4.69, 9.17) is 14.2 Å². The van der Waals surface area contributed by atoms with Crippen molar-refractivity contribution in [1.29, 1.82) is 5.26 Å². The summed E-state index contributed by atoms with van der Waals surface area (Å²) < 4.78 is 30.4. The maximum Gasteiger partial charge on any atom is 0.327 e. The number of carbonyl (C=O) groups is 3. The number of benzene rings is 3. The molecule has 4 unspecified atom stereocenters. The summed E-state index contributed by atoms with van der Waals surface area (Å²) in [5.41, 5.74) is 1.44. The molecule has 10 nitrogen and oxygen atoms in total. The molecule has 2 heterocycles.